The van der Waals surface area contributed by atoms with Gasteiger partial charge in [-0.15, -0.1) is 0 Å². The summed E-state index contributed by atoms with van der Waals surface area (Å²) in [5, 5.41) is 11.5. The van der Waals surface area contributed by atoms with E-state index in [4.69, 9.17) is 5.11 Å². The van der Waals surface area contributed by atoms with Crippen LogP contribution >= 0.6 is 0 Å². The van der Waals surface area contributed by atoms with Crippen molar-refractivity contribution in [2.24, 2.45) is 0 Å². The molecule has 2 amide bonds. The largest absolute Gasteiger partial charge is 0.480 e. The Morgan fingerprint density at radius 1 is 1.35 bits per heavy atom. The number of hydrogen-bond donors (Lipinski definition) is 2. The molecule has 2 N–H and O–H groups in total. The normalized spacial score (nSPS) is 26.4. The molecule has 1 rings (SSSR count). The van der Waals surface area contributed by atoms with Crippen LogP contribution < -0.4 is 5.32 Å². The molecule has 1 aliphatic rings. The Hall–Kier alpha value is -1.26. The standard InChI is InChI=1S/C12H22N2O3/c1-4-10(11(15)16)13-12(17)14-8(2)6-5-7-9(14)3/h8-10H,4-7H2,1-3H3,(H,13,17)(H,15,16)/t8-,9+,10?. The summed E-state index contributed by atoms with van der Waals surface area (Å²) in [6.07, 6.45) is 3.50. The smallest absolute Gasteiger partial charge is 0.326 e. The molecule has 5 nitrogen and oxygen atoms in total. The molecule has 1 fully saturated rings. The van der Waals surface area contributed by atoms with Gasteiger partial charge in [0, 0.05) is 12.1 Å². The highest BCUT2D eigenvalue weighted by molar-refractivity contribution is 5.82. The van der Waals surface area contributed by atoms with Crippen LogP contribution in [0.25, 0.3) is 0 Å². The predicted octanol–water partition coefficient (Wildman–Crippen LogP) is 1.82. The Balaban J connectivity index is 2.64. The van der Waals surface area contributed by atoms with Crippen molar-refractivity contribution in [3.05, 3.63) is 0 Å². The maximum absolute atomic E-state index is 12.0. The summed E-state index contributed by atoms with van der Waals surface area (Å²) in [7, 11) is 0. The van der Waals surface area contributed by atoms with Gasteiger partial charge in [0.1, 0.15) is 6.04 Å². The first kappa shape index (κ1) is 13.8. The number of nitrogens with one attached hydrogen (secondary N) is 1. The van der Waals surface area contributed by atoms with E-state index in [9.17, 15) is 9.59 Å². The molecule has 0 aliphatic carbocycles. The minimum absolute atomic E-state index is 0.185. The average Bonchev–Trinajstić information content (AvgIpc) is 2.25. The quantitative estimate of drug-likeness (QED) is 0.793. The molecule has 98 valence electrons. The van der Waals surface area contributed by atoms with Crippen LogP contribution in [0.3, 0.4) is 0 Å². The Morgan fingerprint density at radius 2 is 1.88 bits per heavy atom. The number of likely N-dealkylation sites (tertiary alicyclic amines) is 1. The summed E-state index contributed by atoms with van der Waals surface area (Å²) in [4.78, 5) is 24.7. The Bertz CT molecular complexity index is 283. The van der Waals surface area contributed by atoms with Crippen molar-refractivity contribution in [2.75, 3.05) is 0 Å². The van der Waals surface area contributed by atoms with Gasteiger partial charge in [0.2, 0.25) is 0 Å². The monoisotopic (exact) mass is 242 g/mol. The van der Waals surface area contributed by atoms with Crippen molar-refractivity contribution in [3.63, 3.8) is 0 Å². The molecule has 1 heterocycles. The number of carboxylic acids is 1. The molecule has 1 unspecified atom stereocenters. The summed E-state index contributed by atoms with van der Waals surface area (Å²) in [5.74, 6) is -0.974. The lowest BCUT2D eigenvalue weighted by molar-refractivity contribution is -0.139. The number of carbonyl (C=O) groups is 2. The number of rotatable bonds is 3. The van der Waals surface area contributed by atoms with Crippen molar-refractivity contribution in [2.45, 2.75) is 64.6 Å². The van der Waals surface area contributed by atoms with Gasteiger partial charge in [-0.25, -0.2) is 9.59 Å². The van der Waals surface area contributed by atoms with Crippen LogP contribution in [-0.2, 0) is 4.79 Å². The molecule has 0 aromatic heterocycles. The molecular formula is C12H22N2O3. The highest BCUT2D eigenvalue weighted by atomic mass is 16.4. The lowest BCUT2D eigenvalue weighted by Crippen LogP contribution is -2.55. The summed E-state index contributed by atoms with van der Waals surface area (Å²) in [6, 6.07) is -0.669. The van der Waals surface area contributed by atoms with E-state index in [0.717, 1.165) is 19.3 Å². The van der Waals surface area contributed by atoms with E-state index < -0.39 is 12.0 Å². The van der Waals surface area contributed by atoms with Gasteiger partial charge in [-0.1, -0.05) is 6.92 Å². The average molecular weight is 242 g/mol. The van der Waals surface area contributed by atoms with Gasteiger partial charge in [0.05, 0.1) is 0 Å². The zero-order chi connectivity index (χ0) is 13.0. The molecule has 0 aromatic rings. The fraction of sp³-hybridized carbons (Fsp3) is 0.833. The van der Waals surface area contributed by atoms with E-state index in [2.05, 4.69) is 5.32 Å². The molecule has 5 heteroatoms. The van der Waals surface area contributed by atoms with Crippen LogP contribution in [-0.4, -0.2) is 40.1 Å². The van der Waals surface area contributed by atoms with Crippen LogP contribution in [0, 0.1) is 0 Å². The second-order valence-corrected chi connectivity index (χ2v) is 4.78. The van der Waals surface area contributed by atoms with Gasteiger partial charge in [0.25, 0.3) is 0 Å². The Morgan fingerprint density at radius 3 is 2.29 bits per heavy atom. The number of carbonyl (C=O) groups excluding carboxylic acids is 1. The van der Waals surface area contributed by atoms with Crippen molar-refractivity contribution in [1.82, 2.24) is 10.2 Å². The second-order valence-electron chi connectivity index (χ2n) is 4.78. The highest BCUT2D eigenvalue weighted by Crippen LogP contribution is 2.22. The van der Waals surface area contributed by atoms with Crippen molar-refractivity contribution >= 4 is 12.0 Å². The minimum Gasteiger partial charge on any atom is -0.480 e. The number of aliphatic carboxylic acids is 1. The number of nitrogens with zero attached hydrogens (tertiary/aromatic N) is 1. The summed E-state index contributed by atoms with van der Waals surface area (Å²) >= 11 is 0. The SMILES string of the molecule is CCC(NC(=O)N1[C@H](C)CCC[C@@H]1C)C(=O)O. The van der Waals surface area contributed by atoms with E-state index in [-0.39, 0.29) is 18.1 Å². The maximum Gasteiger partial charge on any atom is 0.326 e. The van der Waals surface area contributed by atoms with Gasteiger partial charge < -0.3 is 15.3 Å². The first-order valence-corrected chi connectivity index (χ1v) is 6.29. The minimum atomic E-state index is -0.974. The number of hydrogen-bond acceptors (Lipinski definition) is 2. The highest BCUT2D eigenvalue weighted by Gasteiger charge is 2.30. The molecular weight excluding hydrogens is 220 g/mol. The molecule has 1 aliphatic heterocycles. The molecule has 17 heavy (non-hydrogen) atoms. The molecule has 0 radical (unpaired) electrons. The van der Waals surface area contributed by atoms with Crippen LogP contribution in [0.1, 0.15) is 46.5 Å². The van der Waals surface area contributed by atoms with E-state index >= 15 is 0 Å². The molecule has 0 bridgehead atoms. The van der Waals surface area contributed by atoms with Crippen molar-refractivity contribution in [1.29, 1.82) is 0 Å². The lowest BCUT2D eigenvalue weighted by atomic mass is 9.98. The lowest BCUT2D eigenvalue weighted by Gasteiger charge is -2.39. The third kappa shape index (κ3) is 3.35. The summed E-state index contributed by atoms with van der Waals surface area (Å²) in [5.41, 5.74) is 0. The Labute approximate surface area is 102 Å². The zero-order valence-electron chi connectivity index (χ0n) is 10.8. The van der Waals surface area contributed by atoms with Gasteiger partial charge in [-0.05, 0) is 39.5 Å². The van der Waals surface area contributed by atoms with Gasteiger partial charge in [-0.2, -0.15) is 0 Å². The van der Waals surface area contributed by atoms with Gasteiger partial charge >= 0.3 is 12.0 Å². The molecule has 0 saturated carbocycles. The van der Waals surface area contributed by atoms with Crippen LogP contribution in [0.4, 0.5) is 4.79 Å². The van der Waals surface area contributed by atoms with E-state index in [1.807, 2.05) is 13.8 Å². The third-order valence-electron chi connectivity index (χ3n) is 3.43. The molecule has 0 aromatic carbocycles. The first-order valence-electron chi connectivity index (χ1n) is 6.29. The van der Waals surface area contributed by atoms with E-state index in [0.29, 0.717) is 6.42 Å². The second kappa shape index (κ2) is 5.89. The molecule has 3 atom stereocenters. The molecule has 1 saturated heterocycles. The fourth-order valence-corrected chi connectivity index (χ4v) is 2.38. The zero-order valence-corrected chi connectivity index (χ0v) is 10.8. The van der Waals surface area contributed by atoms with Crippen LogP contribution in [0.2, 0.25) is 0 Å². The first-order chi connectivity index (χ1) is 7.97. The molecule has 0 spiro atoms. The van der Waals surface area contributed by atoms with Gasteiger partial charge in [0.15, 0.2) is 0 Å². The summed E-state index contributed by atoms with van der Waals surface area (Å²) in [6.45, 7) is 5.77. The summed E-state index contributed by atoms with van der Waals surface area (Å²) < 4.78 is 0. The number of amides is 2. The number of piperidine rings is 1. The van der Waals surface area contributed by atoms with Crippen molar-refractivity contribution in [3.8, 4) is 0 Å². The van der Waals surface area contributed by atoms with Crippen molar-refractivity contribution < 1.29 is 14.7 Å². The fourth-order valence-electron chi connectivity index (χ4n) is 2.38. The Kier molecular flexibility index (Phi) is 4.78. The van der Waals surface area contributed by atoms with E-state index in [1.54, 1.807) is 11.8 Å². The third-order valence-corrected chi connectivity index (χ3v) is 3.43. The predicted molar refractivity (Wildman–Crippen MR) is 64.9 cm³/mol. The van der Waals surface area contributed by atoms with Crippen LogP contribution in [0.5, 0.6) is 0 Å². The maximum atomic E-state index is 12.0. The number of urea groups is 1. The van der Waals surface area contributed by atoms with Gasteiger partial charge in [-0.3, -0.25) is 0 Å². The van der Waals surface area contributed by atoms with Crippen LogP contribution in [0.15, 0.2) is 0 Å². The number of carboxylic acid groups (broad SMARTS) is 1. The van der Waals surface area contributed by atoms with E-state index in [1.165, 1.54) is 0 Å². The topological polar surface area (TPSA) is 69.6 Å².